The van der Waals surface area contributed by atoms with Gasteiger partial charge in [-0.25, -0.2) is 0 Å². The maximum atomic E-state index is 13.0. The molecule has 1 saturated carbocycles. The number of carbonyl (C=O) groups is 1. The fourth-order valence-corrected chi connectivity index (χ4v) is 3.39. The third-order valence-electron chi connectivity index (χ3n) is 4.56. The Hall–Kier alpha value is -0.780. The van der Waals surface area contributed by atoms with Crippen molar-refractivity contribution in [3.8, 4) is 0 Å². The van der Waals surface area contributed by atoms with E-state index in [9.17, 15) is 18.0 Å². The SMILES string of the molecule is N[C@H]1CC[C@@H](C(F)(F)F)N(C(=O)CCC2CCCC2)C1. The molecule has 116 valence electrons. The minimum Gasteiger partial charge on any atom is -0.329 e. The number of halogens is 3. The second-order valence-electron chi connectivity index (χ2n) is 6.13. The highest BCUT2D eigenvalue weighted by molar-refractivity contribution is 5.76. The van der Waals surface area contributed by atoms with Crippen molar-refractivity contribution in [2.45, 2.75) is 69.6 Å². The van der Waals surface area contributed by atoms with Crippen molar-refractivity contribution < 1.29 is 18.0 Å². The molecule has 2 fully saturated rings. The van der Waals surface area contributed by atoms with E-state index in [1.54, 1.807) is 0 Å². The van der Waals surface area contributed by atoms with Gasteiger partial charge in [0.1, 0.15) is 6.04 Å². The number of carbonyl (C=O) groups excluding carboxylic acids is 1. The van der Waals surface area contributed by atoms with E-state index in [4.69, 9.17) is 5.73 Å². The number of nitrogens with zero attached hydrogens (tertiary/aromatic N) is 1. The van der Waals surface area contributed by atoms with Crippen molar-refractivity contribution in [2.24, 2.45) is 11.7 Å². The molecule has 2 aliphatic rings. The average molecular weight is 292 g/mol. The van der Waals surface area contributed by atoms with Crippen LogP contribution in [0.15, 0.2) is 0 Å². The number of rotatable bonds is 3. The van der Waals surface area contributed by atoms with Crippen LogP contribution in [0.25, 0.3) is 0 Å². The van der Waals surface area contributed by atoms with E-state index in [1.807, 2.05) is 0 Å². The molecule has 6 heteroatoms. The van der Waals surface area contributed by atoms with E-state index in [1.165, 1.54) is 12.8 Å². The van der Waals surface area contributed by atoms with Crippen molar-refractivity contribution in [3.05, 3.63) is 0 Å². The lowest BCUT2D eigenvalue weighted by Gasteiger charge is -2.39. The number of likely N-dealkylation sites (tertiary alicyclic amines) is 1. The highest BCUT2D eigenvalue weighted by Gasteiger charge is 2.47. The molecule has 1 heterocycles. The largest absolute Gasteiger partial charge is 0.408 e. The Labute approximate surface area is 117 Å². The van der Waals surface area contributed by atoms with E-state index >= 15 is 0 Å². The standard InChI is InChI=1S/C14H23F3N2O/c15-14(16,17)12-7-6-11(18)9-19(12)13(20)8-5-10-3-1-2-4-10/h10-12H,1-9,18H2/t11-,12-/m0/s1. The van der Waals surface area contributed by atoms with Gasteiger partial charge in [0.15, 0.2) is 0 Å². The van der Waals surface area contributed by atoms with Crippen LogP contribution in [0.2, 0.25) is 0 Å². The summed E-state index contributed by atoms with van der Waals surface area (Å²) in [5, 5.41) is 0. The molecule has 1 amide bonds. The second-order valence-corrected chi connectivity index (χ2v) is 6.13. The Bertz CT molecular complexity index is 340. The summed E-state index contributed by atoms with van der Waals surface area (Å²) in [5.74, 6) is 0.135. The molecule has 0 aromatic heterocycles. The lowest BCUT2D eigenvalue weighted by molar-refractivity contribution is -0.197. The first-order valence-corrected chi connectivity index (χ1v) is 7.49. The smallest absolute Gasteiger partial charge is 0.329 e. The molecule has 0 radical (unpaired) electrons. The van der Waals surface area contributed by atoms with Crippen LogP contribution >= 0.6 is 0 Å². The Balaban J connectivity index is 1.92. The second kappa shape index (κ2) is 6.33. The number of piperidine rings is 1. The molecular formula is C14H23F3N2O. The van der Waals surface area contributed by atoms with Gasteiger partial charge in [0.25, 0.3) is 0 Å². The van der Waals surface area contributed by atoms with Gasteiger partial charge in [-0.3, -0.25) is 4.79 Å². The lowest BCUT2D eigenvalue weighted by Crippen LogP contribution is -2.56. The van der Waals surface area contributed by atoms with Gasteiger partial charge in [0, 0.05) is 19.0 Å². The summed E-state index contributed by atoms with van der Waals surface area (Å²) in [6.45, 7) is 0.0354. The molecule has 0 unspecified atom stereocenters. The van der Waals surface area contributed by atoms with Crippen LogP contribution in [0.3, 0.4) is 0 Å². The normalized spacial score (nSPS) is 28.9. The predicted octanol–water partition coefficient (Wildman–Crippen LogP) is 2.84. The summed E-state index contributed by atoms with van der Waals surface area (Å²) in [4.78, 5) is 13.1. The minimum atomic E-state index is -4.34. The molecule has 1 saturated heterocycles. The van der Waals surface area contributed by atoms with E-state index in [-0.39, 0.29) is 31.3 Å². The number of hydrogen-bond donors (Lipinski definition) is 1. The summed E-state index contributed by atoms with van der Waals surface area (Å²) in [5.41, 5.74) is 5.73. The highest BCUT2D eigenvalue weighted by atomic mass is 19.4. The van der Waals surface area contributed by atoms with E-state index in [0.717, 1.165) is 24.2 Å². The Morgan fingerprint density at radius 2 is 1.80 bits per heavy atom. The van der Waals surface area contributed by atoms with Crippen molar-refractivity contribution in [1.82, 2.24) is 4.90 Å². The minimum absolute atomic E-state index is 0.0354. The average Bonchev–Trinajstić information content (AvgIpc) is 2.87. The third kappa shape index (κ3) is 3.87. The van der Waals surface area contributed by atoms with Crippen LogP contribution in [0, 0.1) is 5.92 Å². The topological polar surface area (TPSA) is 46.3 Å². The van der Waals surface area contributed by atoms with Crippen LogP contribution in [-0.2, 0) is 4.79 Å². The Morgan fingerprint density at radius 1 is 1.15 bits per heavy atom. The van der Waals surface area contributed by atoms with Gasteiger partial charge in [-0.1, -0.05) is 25.7 Å². The first-order chi connectivity index (χ1) is 9.38. The molecule has 1 aliphatic carbocycles. The summed E-state index contributed by atoms with van der Waals surface area (Å²) in [6, 6.07) is -1.97. The van der Waals surface area contributed by atoms with Crippen LogP contribution < -0.4 is 5.73 Å². The van der Waals surface area contributed by atoms with Gasteiger partial charge in [0.05, 0.1) is 0 Å². The molecular weight excluding hydrogens is 269 g/mol. The van der Waals surface area contributed by atoms with Crippen LogP contribution in [0.5, 0.6) is 0 Å². The van der Waals surface area contributed by atoms with Crippen LogP contribution in [0.4, 0.5) is 13.2 Å². The van der Waals surface area contributed by atoms with Gasteiger partial charge >= 0.3 is 6.18 Å². The summed E-state index contributed by atoms with van der Waals surface area (Å²) in [6.07, 6.45) is 1.43. The van der Waals surface area contributed by atoms with Crippen molar-refractivity contribution in [2.75, 3.05) is 6.54 Å². The quantitative estimate of drug-likeness (QED) is 0.869. The number of hydrogen-bond acceptors (Lipinski definition) is 2. The molecule has 3 nitrogen and oxygen atoms in total. The zero-order valence-corrected chi connectivity index (χ0v) is 11.7. The molecule has 2 atom stereocenters. The predicted molar refractivity (Wildman–Crippen MR) is 70.0 cm³/mol. The van der Waals surface area contributed by atoms with Gasteiger partial charge in [0.2, 0.25) is 5.91 Å². The van der Waals surface area contributed by atoms with E-state index < -0.39 is 12.2 Å². The fourth-order valence-electron chi connectivity index (χ4n) is 3.39. The zero-order valence-electron chi connectivity index (χ0n) is 11.7. The summed E-state index contributed by atoms with van der Waals surface area (Å²) < 4.78 is 39.0. The van der Waals surface area contributed by atoms with Crippen molar-refractivity contribution in [1.29, 1.82) is 0 Å². The van der Waals surface area contributed by atoms with E-state index in [0.29, 0.717) is 12.3 Å². The van der Waals surface area contributed by atoms with E-state index in [2.05, 4.69) is 0 Å². The number of alkyl halides is 3. The van der Waals surface area contributed by atoms with Gasteiger partial charge in [-0.15, -0.1) is 0 Å². The number of amides is 1. The maximum absolute atomic E-state index is 13.0. The monoisotopic (exact) mass is 292 g/mol. The summed E-state index contributed by atoms with van der Waals surface area (Å²) >= 11 is 0. The Morgan fingerprint density at radius 3 is 2.40 bits per heavy atom. The van der Waals surface area contributed by atoms with Crippen LogP contribution in [-0.4, -0.2) is 35.6 Å². The molecule has 2 rings (SSSR count). The molecule has 0 aromatic carbocycles. The van der Waals surface area contributed by atoms with Crippen molar-refractivity contribution in [3.63, 3.8) is 0 Å². The van der Waals surface area contributed by atoms with Crippen LogP contribution in [0.1, 0.15) is 51.4 Å². The Kier molecular flexibility index (Phi) is 4.94. The first kappa shape index (κ1) is 15.6. The molecule has 20 heavy (non-hydrogen) atoms. The lowest BCUT2D eigenvalue weighted by atomic mass is 9.96. The van der Waals surface area contributed by atoms with Crippen molar-refractivity contribution >= 4 is 5.91 Å². The van der Waals surface area contributed by atoms with Gasteiger partial charge in [-0.2, -0.15) is 13.2 Å². The fraction of sp³-hybridized carbons (Fsp3) is 0.929. The molecule has 0 spiro atoms. The third-order valence-corrected chi connectivity index (χ3v) is 4.56. The maximum Gasteiger partial charge on any atom is 0.408 e. The molecule has 0 aromatic rings. The molecule has 0 bridgehead atoms. The van der Waals surface area contributed by atoms with Gasteiger partial charge < -0.3 is 10.6 Å². The molecule has 2 N–H and O–H groups in total. The number of nitrogens with two attached hydrogens (primary N) is 1. The van der Waals surface area contributed by atoms with Gasteiger partial charge in [-0.05, 0) is 25.2 Å². The summed E-state index contributed by atoms with van der Waals surface area (Å²) in [7, 11) is 0. The molecule has 1 aliphatic heterocycles. The zero-order chi connectivity index (χ0) is 14.8. The first-order valence-electron chi connectivity index (χ1n) is 7.49. The highest BCUT2D eigenvalue weighted by Crippen LogP contribution is 2.33.